The number of nitrogen functional groups attached to an aromatic ring is 1. The first kappa shape index (κ1) is 41.5. The van der Waals surface area contributed by atoms with Crippen LogP contribution in [0.3, 0.4) is 0 Å². The molecule has 3 aromatic heterocycles. The lowest BCUT2D eigenvalue weighted by atomic mass is 9.71. The lowest BCUT2D eigenvalue weighted by Crippen LogP contribution is -2.65. The van der Waals surface area contributed by atoms with Crippen LogP contribution in [0.5, 0.6) is 0 Å². The van der Waals surface area contributed by atoms with E-state index < -0.39 is 41.4 Å². The van der Waals surface area contributed by atoms with Crippen molar-refractivity contribution >= 4 is 82.6 Å². The second-order valence-corrected chi connectivity index (χ2v) is 18.9. The number of hydrogen-bond donors (Lipinski definition) is 4. The summed E-state index contributed by atoms with van der Waals surface area (Å²) in [5.41, 5.74) is 9.15. The van der Waals surface area contributed by atoms with Crippen molar-refractivity contribution in [2.45, 2.75) is 55.6 Å². The fourth-order valence-corrected chi connectivity index (χ4v) is 11.4. The van der Waals surface area contributed by atoms with Gasteiger partial charge in [0.25, 0.3) is 17.7 Å². The Morgan fingerprint density at radius 3 is 2.43 bits per heavy atom. The van der Waals surface area contributed by atoms with Crippen molar-refractivity contribution in [2.24, 2.45) is 5.41 Å². The molecular weight excluding hydrogens is 875 g/mol. The lowest BCUT2D eigenvalue weighted by molar-refractivity contribution is -0.136. The number of nitrogens with one attached hydrogen (secondary N) is 2. The molecule has 2 unspecified atom stereocenters. The first-order valence-corrected chi connectivity index (χ1v) is 22.6. The Bertz CT molecular complexity index is 2840. The molecule has 5 amide bonds. The SMILES string of the molecule is Nc1nccn2c(N3CCC4(CC3)CN([C@H]3CCN(C5CN(c6ccc7c(c6)C(=O)N(C6CCC(=O)NC6=O)C7=O)C5)C3S)C4)nc(-c3ccc(C(=O)Nc4cc(Cl)ccn4)cc3F)c12. The van der Waals surface area contributed by atoms with Crippen LogP contribution in [0.4, 0.5) is 27.7 Å². The number of thiol groups is 1. The van der Waals surface area contributed by atoms with Crippen LogP contribution in [-0.4, -0.2) is 133 Å². The summed E-state index contributed by atoms with van der Waals surface area (Å²) in [6.45, 7) is 6.00. The third kappa shape index (κ3) is 7.06. The van der Waals surface area contributed by atoms with Gasteiger partial charge in [0.15, 0.2) is 0 Å². The molecule has 0 bridgehead atoms. The quantitative estimate of drug-likeness (QED) is 0.129. The summed E-state index contributed by atoms with van der Waals surface area (Å²) in [5.74, 6) is -2.06. The number of halogens is 2. The van der Waals surface area contributed by atoms with Crippen LogP contribution in [0.15, 0.2) is 67.1 Å². The molecular formula is C45H44ClFN12O5S. The van der Waals surface area contributed by atoms with Crippen LogP contribution in [-0.2, 0) is 9.59 Å². The summed E-state index contributed by atoms with van der Waals surface area (Å²) in [5, 5.41) is 5.38. The highest BCUT2D eigenvalue weighted by Crippen LogP contribution is 2.46. The van der Waals surface area contributed by atoms with Gasteiger partial charge in [-0.25, -0.2) is 19.3 Å². The van der Waals surface area contributed by atoms with Crippen LogP contribution in [0, 0.1) is 11.2 Å². The third-order valence-electron chi connectivity index (χ3n) is 14.2. The standard InChI is InChI=1S/C45H44ClFN12O5S/c46-25-7-11-49-34(18-25)51-39(61)24-1-3-29(31(47)17-24)36-37-38(48)50-12-16-58(37)44(53-36)54-14-9-45(10-15-54)22-56(23-45)33-8-13-57(43(33)65)27-20-55(21-27)26-2-4-28-30(19-26)42(64)59(41(28)63)32-5-6-35(60)52-40(32)62/h1-4,7,11-12,16-19,27,32-33,43,65H,5-6,8-10,13-15,20-23H2,(H2,48,50)(H,49,51,61)(H,52,60,62)/t32?,33-,43?/m0/s1. The number of amides is 5. The van der Waals surface area contributed by atoms with Crippen molar-refractivity contribution in [3.63, 3.8) is 0 Å². The number of carbonyl (C=O) groups is 5. The minimum atomic E-state index is -0.995. The summed E-state index contributed by atoms with van der Waals surface area (Å²) in [7, 11) is 0. The zero-order chi connectivity index (χ0) is 44.9. The number of nitrogens with zero attached hydrogens (tertiary/aromatic N) is 9. The van der Waals surface area contributed by atoms with Crippen molar-refractivity contribution in [3.05, 3.63) is 94.7 Å². The minimum absolute atomic E-state index is 0.0761. The molecule has 2 aromatic carbocycles. The average Bonchev–Trinajstić information content (AvgIpc) is 3.91. The van der Waals surface area contributed by atoms with Crippen molar-refractivity contribution < 1.29 is 28.4 Å². The Morgan fingerprint density at radius 1 is 0.908 bits per heavy atom. The van der Waals surface area contributed by atoms with Crippen LogP contribution >= 0.6 is 24.2 Å². The van der Waals surface area contributed by atoms with Crippen molar-refractivity contribution in [2.75, 3.05) is 66.7 Å². The molecule has 0 aliphatic carbocycles. The largest absolute Gasteiger partial charge is 0.382 e. The molecule has 3 atom stereocenters. The smallest absolute Gasteiger partial charge is 0.262 e. The van der Waals surface area contributed by atoms with Gasteiger partial charge in [0.05, 0.1) is 16.5 Å². The Labute approximate surface area is 382 Å². The van der Waals surface area contributed by atoms with E-state index in [9.17, 15) is 24.0 Å². The van der Waals surface area contributed by atoms with E-state index >= 15 is 4.39 Å². The molecule has 5 aromatic rings. The zero-order valence-corrected chi connectivity index (χ0v) is 36.6. The van der Waals surface area contributed by atoms with Crippen LogP contribution in [0.2, 0.25) is 5.02 Å². The maximum Gasteiger partial charge on any atom is 0.262 e. The number of likely N-dealkylation sites (tertiary alicyclic amines) is 2. The Morgan fingerprint density at radius 2 is 1.68 bits per heavy atom. The van der Waals surface area contributed by atoms with Gasteiger partial charge in [-0.2, -0.15) is 12.6 Å². The third-order valence-corrected chi connectivity index (χ3v) is 15.0. The van der Waals surface area contributed by atoms with Gasteiger partial charge in [-0.05, 0) is 79.6 Å². The summed E-state index contributed by atoms with van der Waals surface area (Å²) >= 11 is 11.2. The maximum absolute atomic E-state index is 15.9. The maximum atomic E-state index is 15.9. The summed E-state index contributed by atoms with van der Waals surface area (Å²) in [6.07, 6.45) is 8.03. The number of rotatable bonds is 8. The molecule has 5 saturated heterocycles. The predicted molar refractivity (Wildman–Crippen MR) is 242 cm³/mol. The molecule has 6 aliphatic heterocycles. The van der Waals surface area contributed by atoms with E-state index in [1.807, 2.05) is 10.5 Å². The normalized spacial score (nSPS) is 23.6. The van der Waals surface area contributed by atoms with Gasteiger partial charge in [-0.15, -0.1) is 0 Å². The number of benzene rings is 2. The van der Waals surface area contributed by atoms with E-state index in [0.717, 1.165) is 75.7 Å². The fraction of sp³-hybridized carbons (Fsp3) is 0.378. The van der Waals surface area contributed by atoms with Gasteiger partial charge in [0.2, 0.25) is 17.8 Å². The second kappa shape index (κ2) is 15.8. The van der Waals surface area contributed by atoms with Crippen LogP contribution in [0.1, 0.15) is 63.2 Å². The number of pyridine rings is 1. The topological polar surface area (TPSA) is 195 Å². The molecule has 20 heteroatoms. The second-order valence-electron chi connectivity index (χ2n) is 17.9. The zero-order valence-electron chi connectivity index (χ0n) is 35.0. The minimum Gasteiger partial charge on any atom is -0.382 e. The van der Waals surface area contributed by atoms with E-state index in [4.69, 9.17) is 34.9 Å². The monoisotopic (exact) mass is 918 g/mol. The molecule has 65 heavy (non-hydrogen) atoms. The highest BCUT2D eigenvalue weighted by Gasteiger charge is 2.52. The number of fused-ring (bicyclic) bond motifs is 2. The molecule has 5 fully saturated rings. The Hall–Kier alpha value is -6.15. The molecule has 334 valence electrons. The van der Waals surface area contributed by atoms with Gasteiger partial charge in [-0.1, -0.05) is 11.6 Å². The molecule has 0 saturated carbocycles. The van der Waals surface area contributed by atoms with Crippen LogP contribution in [0.25, 0.3) is 16.8 Å². The number of aromatic nitrogens is 4. The Kier molecular flexibility index (Phi) is 10.1. The molecule has 1 spiro atoms. The fourth-order valence-electron chi connectivity index (χ4n) is 10.6. The summed E-state index contributed by atoms with van der Waals surface area (Å²) < 4.78 is 17.8. The molecule has 4 N–H and O–H groups in total. The van der Waals surface area contributed by atoms with E-state index in [2.05, 4.69) is 40.2 Å². The highest BCUT2D eigenvalue weighted by molar-refractivity contribution is 7.81. The number of nitrogens with two attached hydrogens (primary N) is 1. The Balaban J connectivity index is 0.701. The van der Waals surface area contributed by atoms with Crippen LogP contribution < -0.4 is 26.2 Å². The number of anilines is 4. The number of imide groups is 2. The lowest BCUT2D eigenvalue weighted by Gasteiger charge is -2.57. The van der Waals surface area contributed by atoms with Gasteiger partial charge in [-0.3, -0.25) is 48.4 Å². The van der Waals surface area contributed by atoms with Gasteiger partial charge < -0.3 is 20.9 Å². The first-order chi connectivity index (χ1) is 31.3. The van der Waals surface area contributed by atoms with E-state index in [0.29, 0.717) is 34.3 Å². The van der Waals surface area contributed by atoms with Gasteiger partial charge in [0.1, 0.15) is 34.7 Å². The summed E-state index contributed by atoms with van der Waals surface area (Å²) in [6, 6.07) is 12.2. The highest BCUT2D eigenvalue weighted by atomic mass is 35.5. The number of hydrogen-bond acceptors (Lipinski definition) is 14. The van der Waals surface area contributed by atoms with Gasteiger partial charge in [0, 0.05) is 105 Å². The molecule has 11 rings (SSSR count). The average molecular weight is 919 g/mol. The molecule has 9 heterocycles. The van der Waals surface area contributed by atoms with E-state index in [1.54, 1.807) is 30.6 Å². The van der Waals surface area contributed by atoms with Crippen molar-refractivity contribution in [1.82, 2.24) is 39.4 Å². The number of imidazole rings is 1. The van der Waals surface area contributed by atoms with Gasteiger partial charge >= 0.3 is 0 Å². The van der Waals surface area contributed by atoms with Crippen molar-refractivity contribution in [1.29, 1.82) is 0 Å². The molecule has 6 aliphatic rings. The van der Waals surface area contributed by atoms with Crippen molar-refractivity contribution in [3.8, 4) is 11.3 Å². The number of carbonyl (C=O) groups excluding carboxylic acids is 5. The van der Waals surface area contributed by atoms with E-state index in [1.165, 1.54) is 30.5 Å². The summed E-state index contributed by atoms with van der Waals surface area (Å²) in [4.78, 5) is 87.5. The molecule has 0 radical (unpaired) electrons. The molecule has 17 nitrogen and oxygen atoms in total. The van der Waals surface area contributed by atoms with E-state index in [-0.39, 0.29) is 57.5 Å². The number of piperidine rings is 2. The first-order valence-electron chi connectivity index (χ1n) is 21.7. The predicted octanol–water partition coefficient (Wildman–Crippen LogP) is 3.94.